The molecule has 3 rings (SSSR count). The Hall–Kier alpha value is -2.82. The normalized spacial score (nSPS) is 11.6. The Morgan fingerprint density at radius 2 is 1.83 bits per heavy atom. The van der Waals surface area contributed by atoms with Gasteiger partial charge in [0.05, 0.1) is 17.6 Å². The summed E-state index contributed by atoms with van der Waals surface area (Å²) in [6, 6.07) is 16.6. The summed E-state index contributed by atoms with van der Waals surface area (Å²) >= 11 is 0. The molecular weight excluding hydrogens is 362 g/mol. The molecule has 1 N–H and O–H groups in total. The summed E-state index contributed by atoms with van der Waals surface area (Å²) in [5.41, 5.74) is 3.62. The largest absolute Gasteiger partial charge is 0.494 e. The number of para-hydroxylation sites is 2. The Labute approximate surface area is 173 Å². The second kappa shape index (κ2) is 9.59. The molecule has 0 saturated carbocycles. The highest BCUT2D eigenvalue weighted by molar-refractivity contribution is 5.75. The number of nitrogens with zero attached hydrogens (tertiary/aromatic N) is 2. The monoisotopic (exact) mass is 393 g/mol. The molecular formula is C24H31N3O2. The maximum Gasteiger partial charge on any atom is 0.207 e. The first kappa shape index (κ1) is 20.9. The van der Waals surface area contributed by atoms with E-state index in [9.17, 15) is 4.79 Å². The standard InChI is InChI=1S/C24H31N3O2/c1-24(2,3)19-10-12-20(13-11-19)29-17-7-6-16-27-22-9-5-4-8-21(22)26-23(27)14-15-25-18-28/h4-5,8-13,18H,6-7,14-17H2,1-3H3,(H,25,28). The van der Waals surface area contributed by atoms with Crippen LogP contribution in [0.25, 0.3) is 11.0 Å². The zero-order valence-corrected chi connectivity index (χ0v) is 17.6. The summed E-state index contributed by atoms with van der Waals surface area (Å²) in [4.78, 5) is 15.3. The fourth-order valence-corrected chi connectivity index (χ4v) is 3.42. The van der Waals surface area contributed by atoms with Crippen molar-refractivity contribution in [2.24, 2.45) is 0 Å². The molecule has 29 heavy (non-hydrogen) atoms. The van der Waals surface area contributed by atoms with Crippen LogP contribution >= 0.6 is 0 Å². The summed E-state index contributed by atoms with van der Waals surface area (Å²) in [6.07, 6.45) is 3.44. The number of carbonyl (C=O) groups is 1. The van der Waals surface area contributed by atoms with Gasteiger partial charge in [0.1, 0.15) is 11.6 Å². The molecule has 3 aromatic rings. The molecule has 5 nitrogen and oxygen atoms in total. The van der Waals surface area contributed by atoms with Crippen molar-refractivity contribution < 1.29 is 9.53 Å². The Morgan fingerprint density at radius 3 is 2.55 bits per heavy atom. The van der Waals surface area contributed by atoms with E-state index in [1.54, 1.807) is 0 Å². The molecule has 154 valence electrons. The Morgan fingerprint density at radius 1 is 1.07 bits per heavy atom. The highest BCUT2D eigenvalue weighted by atomic mass is 16.5. The lowest BCUT2D eigenvalue weighted by atomic mass is 9.87. The summed E-state index contributed by atoms with van der Waals surface area (Å²) in [5, 5.41) is 2.72. The van der Waals surface area contributed by atoms with E-state index in [1.807, 2.05) is 18.2 Å². The van der Waals surface area contributed by atoms with Crippen molar-refractivity contribution in [3.63, 3.8) is 0 Å². The second-order valence-corrected chi connectivity index (χ2v) is 8.32. The minimum absolute atomic E-state index is 0.158. The molecule has 0 fully saturated rings. The third kappa shape index (κ3) is 5.59. The van der Waals surface area contributed by atoms with Gasteiger partial charge in [-0.1, -0.05) is 45.0 Å². The van der Waals surface area contributed by atoms with Crippen LogP contribution in [0.4, 0.5) is 0 Å². The van der Waals surface area contributed by atoms with Crippen molar-refractivity contribution in [2.75, 3.05) is 13.2 Å². The van der Waals surface area contributed by atoms with Gasteiger partial charge in [-0.05, 0) is 48.1 Å². The first-order valence-electron chi connectivity index (χ1n) is 10.3. The zero-order valence-electron chi connectivity index (χ0n) is 17.6. The maximum absolute atomic E-state index is 10.5. The molecule has 1 heterocycles. The van der Waals surface area contributed by atoms with Crippen molar-refractivity contribution in [1.29, 1.82) is 0 Å². The highest BCUT2D eigenvalue weighted by Gasteiger charge is 2.13. The number of amides is 1. The van der Waals surface area contributed by atoms with E-state index in [0.717, 1.165) is 54.8 Å². The van der Waals surface area contributed by atoms with E-state index in [0.29, 0.717) is 13.2 Å². The lowest BCUT2D eigenvalue weighted by Crippen LogP contribution is -2.17. The molecule has 0 spiro atoms. The van der Waals surface area contributed by atoms with E-state index in [-0.39, 0.29) is 5.41 Å². The number of benzene rings is 2. The number of nitrogens with one attached hydrogen (secondary N) is 1. The van der Waals surface area contributed by atoms with E-state index >= 15 is 0 Å². The number of unbranched alkanes of at least 4 members (excludes halogenated alkanes) is 1. The summed E-state index contributed by atoms with van der Waals surface area (Å²) in [7, 11) is 0. The molecule has 0 bridgehead atoms. The predicted molar refractivity (Wildman–Crippen MR) is 117 cm³/mol. The van der Waals surface area contributed by atoms with E-state index < -0.39 is 0 Å². The van der Waals surface area contributed by atoms with Gasteiger partial charge < -0.3 is 14.6 Å². The van der Waals surface area contributed by atoms with Crippen LogP contribution in [0.1, 0.15) is 45.0 Å². The fraction of sp³-hybridized carbons (Fsp3) is 0.417. The number of imidazole rings is 1. The summed E-state index contributed by atoms with van der Waals surface area (Å²) in [6.45, 7) is 8.83. The van der Waals surface area contributed by atoms with Crippen LogP contribution < -0.4 is 10.1 Å². The molecule has 2 aromatic carbocycles. The van der Waals surface area contributed by atoms with Gasteiger partial charge in [0.25, 0.3) is 0 Å². The van der Waals surface area contributed by atoms with Crippen LogP contribution in [0, 0.1) is 0 Å². The minimum atomic E-state index is 0.158. The minimum Gasteiger partial charge on any atom is -0.494 e. The van der Waals surface area contributed by atoms with Crippen LogP contribution in [0.3, 0.4) is 0 Å². The number of ether oxygens (including phenoxy) is 1. The first-order chi connectivity index (χ1) is 14.0. The van der Waals surface area contributed by atoms with Gasteiger partial charge in [-0.15, -0.1) is 0 Å². The van der Waals surface area contributed by atoms with Crippen molar-refractivity contribution in [1.82, 2.24) is 14.9 Å². The molecule has 0 aliphatic heterocycles. The molecule has 1 aromatic heterocycles. The van der Waals surface area contributed by atoms with E-state index in [1.165, 1.54) is 5.56 Å². The van der Waals surface area contributed by atoms with Gasteiger partial charge >= 0.3 is 0 Å². The number of aromatic nitrogens is 2. The Kier molecular flexibility index (Phi) is 6.91. The van der Waals surface area contributed by atoms with Gasteiger partial charge in [0.2, 0.25) is 6.41 Å². The Balaban J connectivity index is 1.53. The number of aryl methyl sites for hydroxylation is 1. The SMILES string of the molecule is CC(C)(C)c1ccc(OCCCCn2c(CCNC=O)nc3ccccc32)cc1. The number of hydrogen-bond donors (Lipinski definition) is 1. The number of carbonyl (C=O) groups excluding carboxylic acids is 1. The van der Waals surface area contributed by atoms with Crippen molar-refractivity contribution >= 4 is 17.4 Å². The van der Waals surface area contributed by atoms with Gasteiger partial charge in [-0.3, -0.25) is 4.79 Å². The van der Waals surface area contributed by atoms with Gasteiger partial charge in [0.15, 0.2) is 0 Å². The highest BCUT2D eigenvalue weighted by Crippen LogP contribution is 2.24. The van der Waals surface area contributed by atoms with Crippen molar-refractivity contribution in [3.8, 4) is 5.75 Å². The summed E-state index contributed by atoms with van der Waals surface area (Å²) in [5.74, 6) is 1.94. The quantitative estimate of drug-likeness (QED) is 0.408. The zero-order chi connectivity index (χ0) is 20.7. The van der Waals surface area contributed by atoms with Crippen LogP contribution in [0.15, 0.2) is 48.5 Å². The van der Waals surface area contributed by atoms with E-state index in [4.69, 9.17) is 9.72 Å². The molecule has 0 atom stereocenters. The third-order valence-electron chi connectivity index (χ3n) is 5.08. The number of hydrogen-bond acceptors (Lipinski definition) is 3. The van der Waals surface area contributed by atoms with Crippen molar-refractivity contribution in [2.45, 2.75) is 52.0 Å². The molecule has 0 aliphatic carbocycles. The number of rotatable bonds is 10. The number of fused-ring (bicyclic) bond motifs is 1. The topological polar surface area (TPSA) is 56.1 Å². The van der Waals surface area contributed by atoms with Gasteiger partial charge in [-0.2, -0.15) is 0 Å². The Bertz CT molecular complexity index is 923. The van der Waals surface area contributed by atoms with Crippen LogP contribution in [-0.4, -0.2) is 29.1 Å². The fourth-order valence-electron chi connectivity index (χ4n) is 3.42. The van der Waals surface area contributed by atoms with Crippen LogP contribution in [-0.2, 0) is 23.2 Å². The predicted octanol–water partition coefficient (Wildman–Crippen LogP) is 4.48. The average Bonchev–Trinajstić information content (AvgIpc) is 3.05. The van der Waals surface area contributed by atoms with Gasteiger partial charge in [0, 0.05) is 19.5 Å². The van der Waals surface area contributed by atoms with Gasteiger partial charge in [-0.25, -0.2) is 4.98 Å². The molecule has 0 unspecified atom stereocenters. The molecule has 5 heteroatoms. The molecule has 1 amide bonds. The molecule has 0 saturated heterocycles. The van der Waals surface area contributed by atoms with E-state index in [2.05, 4.69) is 61.0 Å². The first-order valence-corrected chi connectivity index (χ1v) is 10.3. The average molecular weight is 394 g/mol. The van der Waals surface area contributed by atoms with Crippen LogP contribution in [0.5, 0.6) is 5.75 Å². The lowest BCUT2D eigenvalue weighted by molar-refractivity contribution is -0.109. The maximum atomic E-state index is 10.5. The second-order valence-electron chi connectivity index (χ2n) is 8.32. The molecule has 0 radical (unpaired) electrons. The summed E-state index contributed by atoms with van der Waals surface area (Å²) < 4.78 is 8.18. The molecule has 0 aliphatic rings. The van der Waals surface area contributed by atoms with Crippen LogP contribution in [0.2, 0.25) is 0 Å². The lowest BCUT2D eigenvalue weighted by Gasteiger charge is -2.19. The smallest absolute Gasteiger partial charge is 0.207 e. The van der Waals surface area contributed by atoms with Crippen molar-refractivity contribution in [3.05, 3.63) is 59.9 Å². The third-order valence-corrected chi connectivity index (χ3v) is 5.08.